The van der Waals surface area contributed by atoms with Crippen molar-refractivity contribution in [3.8, 4) is 0 Å². The van der Waals surface area contributed by atoms with Crippen molar-refractivity contribution in [3.63, 3.8) is 0 Å². The average Bonchev–Trinajstić information content (AvgIpc) is 2.85. The van der Waals surface area contributed by atoms with Crippen LogP contribution in [0.25, 0.3) is 0 Å². The summed E-state index contributed by atoms with van der Waals surface area (Å²) in [5.41, 5.74) is 2.55. The highest BCUT2D eigenvalue weighted by Gasteiger charge is 2.31. The van der Waals surface area contributed by atoms with Crippen LogP contribution in [0.15, 0.2) is 34.9 Å². The number of ketones is 1. The summed E-state index contributed by atoms with van der Waals surface area (Å²) in [6, 6.07) is 7.30. The van der Waals surface area contributed by atoms with Crippen LogP contribution in [-0.2, 0) is 20.6 Å². The number of carbonyl (C=O) groups is 1. The minimum atomic E-state index is -3.27. The van der Waals surface area contributed by atoms with Crippen LogP contribution in [0.4, 0.5) is 5.69 Å². The number of nitrogens with zero attached hydrogens (tertiary/aromatic N) is 1. The van der Waals surface area contributed by atoms with Gasteiger partial charge >= 0.3 is 0 Å². The quantitative estimate of drug-likeness (QED) is 0.768. The van der Waals surface area contributed by atoms with E-state index in [4.69, 9.17) is 0 Å². The fourth-order valence-corrected chi connectivity index (χ4v) is 4.63. The zero-order valence-corrected chi connectivity index (χ0v) is 15.9. The Labute approximate surface area is 147 Å². The molecule has 0 aromatic heterocycles. The lowest BCUT2D eigenvalue weighted by Crippen LogP contribution is -2.33. The summed E-state index contributed by atoms with van der Waals surface area (Å²) >= 11 is 1.51. The molecule has 1 atom stereocenters. The maximum atomic E-state index is 11.7. The van der Waals surface area contributed by atoms with Crippen LogP contribution in [0, 0.1) is 0 Å². The SMILES string of the molecule is CCN1C(C)=C(C(C)=O)SC1Nc1ccc(CS(=O)(=O)NC)cc1. The van der Waals surface area contributed by atoms with Gasteiger partial charge in [0.05, 0.1) is 10.7 Å². The number of anilines is 1. The highest BCUT2D eigenvalue weighted by Crippen LogP contribution is 2.38. The van der Waals surface area contributed by atoms with E-state index in [9.17, 15) is 13.2 Å². The second kappa shape index (κ2) is 7.58. The van der Waals surface area contributed by atoms with E-state index in [1.807, 2.05) is 26.0 Å². The van der Waals surface area contributed by atoms with Crippen molar-refractivity contribution >= 4 is 33.3 Å². The molecule has 0 saturated heterocycles. The molecule has 132 valence electrons. The lowest BCUT2D eigenvalue weighted by atomic mass is 10.2. The van der Waals surface area contributed by atoms with Gasteiger partial charge in [0.25, 0.3) is 0 Å². The first-order valence-electron chi connectivity index (χ1n) is 7.69. The lowest BCUT2D eigenvalue weighted by molar-refractivity contribution is -0.113. The van der Waals surface area contributed by atoms with E-state index in [0.717, 1.165) is 28.4 Å². The van der Waals surface area contributed by atoms with E-state index in [-0.39, 0.29) is 17.0 Å². The minimum Gasteiger partial charge on any atom is -0.356 e. The maximum Gasteiger partial charge on any atom is 0.215 e. The first-order valence-corrected chi connectivity index (χ1v) is 10.2. The Kier molecular flexibility index (Phi) is 5.95. The molecule has 1 unspecified atom stereocenters. The molecule has 0 saturated carbocycles. The third-order valence-corrected chi connectivity index (χ3v) is 6.59. The summed E-state index contributed by atoms with van der Waals surface area (Å²) in [5.74, 6) is 0.0333. The predicted octanol–water partition coefficient (Wildman–Crippen LogP) is 2.32. The Hall–Kier alpha value is -1.51. The highest BCUT2D eigenvalue weighted by molar-refractivity contribution is 8.04. The van der Waals surface area contributed by atoms with E-state index in [2.05, 4.69) is 14.9 Å². The Morgan fingerprint density at radius 3 is 2.42 bits per heavy atom. The van der Waals surface area contributed by atoms with Gasteiger partial charge < -0.3 is 10.2 Å². The van der Waals surface area contributed by atoms with E-state index in [1.54, 1.807) is 19.1 Å². The largest absolute Gasteiger partial charge is 0.356 e. The topological polar surface area (TPSA) is 78.5 Å². The third-order valence-electron chi connectivity index (χ3n) is 3.84. The second-order valence-electron chi connectivity index (χ2n) is 5.53. The molecule has 0 fully saturated rings. The van der Waals surface area contributed by atoms with Gasteiger partial charge in [-0.2, -0.15) is 0 Å². The second-order valence-corrected chi connectivity index (χ2v) is 8.55. The summed E-state index contributed by atoms with van der Waals surface area (Å²) in [4.78, 5) is 14.6. The van der Waals surface area contributed by atoms with Gasteiger partial charge in [-0.3, -0.25) is 4.79 Å². The molecule has 8 heteroatoms. The normalized spacial score (nSPS) is 18.2. The Morgan fingerprint density at radius 1 is 1.29 bits per heavy atom. The summed E-state index contributed by atoms with van der Waals surface area (Å²) < 4.78 is 25.5. The van der Waals surface area contributed by atoms with Gasteiger partial charge in [0.15, 0.2) is 11.3 Å². The van der Waals surface area contributed by atoms with Crippen molar-refractivity contribution < 1.29 is 13.2 Å². The zero-order chi connectivity index (χ0) is 17.9. The van der Waals surface area contributed by atoms with Gasteiger partial charge in [0.1, 0.15) is 0 Å². The van der Waals surface area contributed by atoms with Gasteiger partial charge in [-0.25, -0.2) is 13.1 Å². The number of thioether (sulfide) groups is 1. The molecule has 1 aliphatic heterocycles. The molecule has 2 N–H and O–H groups in total. The fourth-order valence-electron chi connectivity index (χ4n) is 2.55. The molecule has 6 nitrogen and oxygen atoms in total. The molecule has 24 heavy (non-hydrogen) atoms. The number of Topliss-reactive ketones (excluding diaryl/α,β-unsaturated/α-hetero) is 1. The first-order chi connectivity index (χ1) is 11.3. The summed E-state index contributed by atoms with van der Waals surface area (Å²) in [6.45, 7) is 6.39. The molecular weight excluding hydrogens is 346 g/mol. The fraction of sp³-hybridized carbons (Fsp3) is 0.438. The Morgan fingerprint density at radius 2 is 1.92 bits per heavy atom. The van der Waals surface area contributed by atoms with Crippen LogP contribution in [0.1, 0.15) is 26.3 Å². The number of carbonyl (C=O) groups excluding carboxylic acids is 1. The van der Waals surface area contributed by atoms with Crippen LogP contribution in [0.5, 0.6) is 0 Å². The van der Waals surface area contributed by atoms with Gasteiger partial charge in [-0.15, -0.1) is 0 Å². The molecule has 1 heterocycles. The van der Waals surface area contributed by atoms with Gasteiger partial charge in [0.2, 0.25) is 10.0 Å². The first kappa shape index (κ1) is 18.8. The number of rotatable bonds is 7. The van der Waals surface area contributed by atoms with Crippen molar-refractivity contribution in [2.45, 2.75) is 32.0 Å². The average molecular weight is 370 g/mol. The molecule has 0 radical (unpaired) electrons. The number of allylic oxidation sites excluding steroid dienone is 2. The summed E-state index contributed by atoms with van der Waals surface area (Å²) in [6.07, 6.45) is 0. The van der Waals surface area contributed by atoms with Crippen LogP contribution in [-0.4, -0.2) is 38.2 Å². The molecule has 0 spiro atoms. The van der Waals surface area contributed by atoms with Crippen molar-refractivity contribution in [2.75, 3.05) is 18.9 Å². The zero-order valence-electron chi connectivity index (χ0n) is 14.3. The van der Waals surface area contributed by atoms with Crippen molar-refractivity contribution in [3.05, 3.63) is 40.4 Å². The highest BCUT2D eigenvalue weighted by atomic mass is 32.2. The molecule has 2 rings (SSSR count). The maximum absolute atomic E-state index is 11.7. The van der Waals surface area contributed by atoms with Gasteiger partial charge in [-0.1, -0.05) is 23.9 Å². The molecular formula is C16H23N3O3S2. The summed E-state index contributed by atoms with van der Waals surface area (Å²) in [5, 5.41) is 3.39. The predicted molar refractivity (Wildman–Crippen MR) is 98.9 cm³/mol. The third kappa shape index (κ3) is 4.31. The monoisotopic (exact) mass is 369 g/mol. The summed E-state index contributed by atoms with van der Waals surface area (Å²) in [7, 11) is -1.86. The smallest absolute Gasteiger partial charge is 0.215 e. The van der Waals surface area contributed by atoms with Gasteiger partial charge in [0, 0.05) is 17.9 Å². The molecule has 1 aromatic carbocycles. The van der Waals surface area contributed by atoms with Crippen LogP contribution < -0.4 is 10.0 Å². The number of sulfonamides is 1. The Balaban J connectivity index is 2.08. The van der Waals surface area contributed by atoms with Crippen LogP contribution in [0.2, 0.25) is 0 Å². The number of benzene rings is 1. The minimum absolute atomic E-state index is 0.0409. The molecule has 0 aliphatic carbocycles. The number of hydrogen-bond acceptors (Lipinski definition) is 6. The standard InChI is InChI=1S/C16H23N3O3S2/c1-5-19-11(2)15(12(3)20)23-16(19)18-14-8-6-13(7-9-14)10-24(21,22)17-4/h6-9,16-18H,5,10H2,1-4H3. The van der Waals surface area contributed by atoms with E-state index in [1.165, 1.54) is 18.8 Å². The van der Waals surface area contributed by atoms with E-state index in [0.29, 0.717) is 0 Å². The van der Waals surface area contributed by atoms with Gasteiger partial charge in [-0.05, 0) is 45.5 Å². The number of hydrogen-bond donors (Lipinski definition) is 2. The van der Waals surface area contributed by atoms with Crippen molar-refractivity contribution in [2.24, 2.45) is 0 Å². The molecule has 1 aromatic rings. The van der Waals surface area contributed by atoms with Crippen molar-refractivity contribution in [1.29, 1.82) is 0 Å². The number of nitrogens with one attached hydrogen (secondary N) is 2. The molecule has 1 aliphatic rings. The molecule has 0 amide bonds. The van der Waals surface area contributed by atoms with E-state index < -0.39 is 10.0 Å². The lowest BCUT2D eigenvalue weighted by Gasteiger charge is -2.27. The molecule has 0 bridgehead atoms. The van der Waals surface area contributed by atoms with E-state index >= 15 is 0 Å². The van der Waals surface area contributed by atoms with Crippen LogP contribution in [0.3, 0.4) is 0 Å². The van der Waals surface area contributed by atoms with Crippen LogP contribution >= 0.6 is 11.8 Å². The van der Waals surface area contributed by atoms with Crippen molar-refractivity contribution in [1.82, 2.24) is 9.62 Å². The Bertz CT molecular complexity index is 742.